The molecule has 0 amide bonds. The summed E-state index contributed by atoms with van der Waals surface area (Å²) >= 11 is 12.5. The minimum atomic E-state index is -0.989. The highest BCUT2D eigenvalue weighted by Gasteiger charge is 2.11. The fourth-order valence-corrected chi connectivity index (χ4v) is 3.71. The van der Waals surface area contributed by atoms with Gasteiger partial charge in [0.25, 0.3) is 0 Å². The van der Waals surface area contributed by atoms with E-state index in [1.54, 1.807) is 30.3 Å². The maximum atomic E-state index is 10.8. The summed E-state index contributed by atoms with van der Waals surface area (Å²) in [6.45, 7) is -0.00470. The summed E-state index contributed by atoms with van der Waals surface area (Å²) in [5.41, 5.74) is 3.97. The highest BCUT2D eigenvalue weighted by atomic mass is 35.5. The summed E-state index contributed by atoms with van der Waals surface area (Å²) in [5.74, 6) is -0.433. The van der Waals surface area contributed by atoms with Crippen molar-refractivity contribution in [3.8, 4) is 5.75 Å². The highest BCUT2D eigenvalue weighted by Crippen LogP contribution is 2.30. The lowest BCUT2D eigenvalue weighted by atomic mass is 10.0. The Labute approximate surface area is 197 Å². The predicted molar refractivity (Wildman–Crippen MR) is 129 cm³/mol. The van der Waals surface area contributed by atoms with E-state index in [2.05, 4.69) is 0 Å². The number of hydrogen-bond acceptors (Lipinski definition) is 3. The number of allylic oxidation sites excluding steroid dienone is 1. The number of benzene rings is 3. The average molecular weight is 469 g/mol. The topological polar surface area (TPSA) is 66.8 Å². The van der Waals surface area contributed by atoms with E-state index in [0.29, 0.717) is 33.3 Å². The minimum absolute atomic E-state index is 0.166. The Kier molecular flexibility index (Phi) is 8.51. The van der Waals surface area contributed by atoms with Crippen LogP contribution in [0.4, 0.5) is 0 Å². The van der Waals surface area contributed by atoms with E-state index < -0.39 is 5.97 Å². The van der Waals surface area contributed by atoms with Crippen molar-refractivity contribution in [2.75, 3.05) is 0 Å². The van der Waals surface area contributed by atoms with Crippen molar-refractivity contribution < 1.29 is 19.7 Å². The number of para-hydroxylation sites is 1. The predicted octanol–water partition coefficient (Wildman–Crippen LogP) is 6.42. The molecule has 0 saturated heterocycles. The van der Waals surface area contributed by atoms with Crippen molar-refractivity contribution >= 4 is 41.3 Å². The maximum Gasteiger partial charge on any atom is 0.328 e. The zero-order valence-corrected chi connectivity index (χ0v) is 18.7. The molecule has 0 fully saturated rings. The average Bonchev–Trinajstić information content (AvgIpc) is 2.78. The van der Waals surface area contributed by atoms with E-state index >= 15 is 0 Å². The molecule has 6 heteroatoms. The Morgan fingerprint density at radius 2 is 1.53 bits per heavy atom. The number of aliphatic carboxylic acids is 1. The van der Waals surface area contributed by atoms with Crippen molar-refractivity contribution in [1.82, 2.24) is 0 Å². The van der Waals surface area contributed by atoms with Crippen LogP contribution in [0.2, 0.25) is 10.0 Å². The summed E-state index contributed by atoms with van der Waals surface area (Å²) in [5, 5.41) is 19.7. The molecule has 164 valence electrons. The number of carboxylic acid groups (broad SMARTS) is 1. The van der Waals surface area contributed by atoms with Crippen molar-refractivity contribution in [2.24, 2.45) is 0 Å². The first-order valence-corrected chi connectivity index (χ1v) is 10.7. The van der Waals surface area contributed by atoms with Crippen LogP contribution in [0, 0.1) is 0 Å². The van der Waals surface area contributed by atoms with Crippen molar-refractivity contribution in [2.45, 2.75) is 19.6 Å². The lowest BCUT2D eigenvalue weighted by Gasteiger charge is -2.15. The Morgan fingerprint density at radius 1 is 0.875 bits per heavy atom. The lowest BCUT2D eigenvalue weighted by molar-refractivity contribution is -0.131. The van der Waals surface area contributed by atoms with E-state index in [9.17, 15) is 9.90 Å². The summed E-state index contributed by atoms with van der Waals surface area (Å²) < 4.78 is 6.04. The van der Waals surface area contributed by atoms with Gasteiger partial charge in [-0.3, -0.25) is 0 Å². The van der Waals surface area contributed by atoms with Crippen molar-refractivity contribution in [3.05, 3.63) is 111 Å². The van der Waals surface area contributed by atoms with E-state index in [0.717, 1.165) is 22.8 Å². The summed E-state index contributed by atoms with van der Waals surface area (Å²) in [7, 11) is 0. The van der Waals surface area contributed by atoms with Crippen LogP contribution in [-0.4, -0.2) is 16.2 Å². The van der Waals surface area contributed by atoms with Crippen LogP contribution in [0.3, 0.4) is 0 Å². The molecule has 0 aliphatic carbocycles. The van der Waals surface area contributed by atoms with Gasteiger partial charge in [0.1, 0.15) is 12.4 Å². The molecule has 2 N–H and O–H groups in total. The standard InChI is InChI=1S/C26H22Cl2O4/c27-23-12-5-13-24(28)22(23)17-32-26-20(10-4-11-21(26)16-29)9-3-8-18-6-1-2-7-19(18)14-15-25(30)31/h1-7,9-15,29H,8,16-17H2,(H,30,31)/b9-3+,15-14+. The number of aliphatic hydroxyl groups excluding tert-OH is 1. The normalized spacial score (nSPS) is 11.3. The van der Waals surface area contributed by atoms with Crippen LogP contribution in [-0.2, 0) is 24.4 Å². The van der Waals surface area contributed by atoms with E-state index in [-0.39, 0.29) is 13.2 Å². The van der Waals surface area contributed by atoms with Crippen LogP contribution in [0.15, 0.2) is 72.8 Å². The third-order valence-electron chi connectivity index (χ3n) is 4.82. The lowest BCUT2D eigenvalue weighted by Crippen LogP contribution is -2.02. The summed E-state index contributed by atoms with van der Waals surface area (Å²) in [4.78, 5) is 10.8. The third-order valence-corrected chi connectivity index (χ3v) is 5.52. The van der Waals surface area contributed by atoms with Gasteiger partial charge in [-0.15, -0.1) is 0 Å². The molecule has 0 heterocycles. The number of carboxylic acids is 1. The second-order valence-electron chi connectivity index (χ2n) is 6.96. The molecule has 0 atom stereocenters. The smallest absolute Gasteiger partial charge is 0.328 e. The van der Waals surface area contributed by atoms with E-state index in [1.165, 1.54) is 0 Å². The molecule has 0 bridgehead atoms. The molecule has 0 radical (unpaired) electrons. The number of ether oxygens (including phenoxy) is 1. The number of carbonyl (C=O) groups is 1. The van der Waals surface area contributed by atoms with Crippen LogP contribution >= 0.6 is 23.2 Å². The molecule has 0 aliphatic heterocycles. The zero-order chi connectivity index (χ0) is 22.9. The van der Waals surface area contributed by atoms with E-state index in [1.807, 2.05) is 48.6 Å². The molecule has 0 aliphatic rings. The van der Waals surface area contributed by atoms with Gasteiger partial charge in [0.05, 0.1) is 6.61 Å². The summed E-state index contributed by atoms with van der Waals surface area (Å²) in [6.07, 6.45) is 7.19. The SMILES string of the molecule is O=C(O)/C=C/c1ccccc1C/C=C/c1cccc(CO)c1OCc1c(Cl)cccc1Cl. The Morgan fingerprint density at radius 3 is 2.25 bits per heavy atom. The first-order chi connectivity index (χ1) is 15.5. The Balaban J connectivity index is 1.82. The quantitative estimate of drug-likeness (QED) is 0.355. The molecule has 0 saturated carbocycles. The molecule has 0 unspecified atom stereocenters. The summed E-state index contributed by atoms with van der Waals surface area (Å²) in [6, 6.07) is 18.4. The second kappa shape index (κ2) is 11.5. The highest BCUT2D eigenvalue weighted by molar-refractivity contribution is 6.35. The zero-order valence-electron chi connectivity index (χ0n) is 17.2. The Hall–Kier alpha value is -3.05. The molecule has 4 nitrogen and oxygen atoms in total. The van der Waals surface area contributed by atoms with E-state index in [4.69, 9.17) is 33.0 Å². The molecule has 32 heavy (non-hydrogen) atoms. The fourth-order valence-electron chi connectivity index (χ4n) is 3.21. The maximum absolute atomic E-state index is 10.8. The molecular weight excluding hydrogens is 447 g/mol. The van der Waals surface area contributed by atoms with Gasteiger partial charge in [0.2, 0.25) is 0 Å². The first kappa shape index (κ1) is 23.6. The van der Waals surface area contributed by atoms with Crippen LogP contribution in [0.25, 0.3) is 12.2 Å². The number of hydrogen-bond donors (Lipinski definition) is 2. The first-order valence-electron chi connectivity index (χ1n) is 9.93. The molecule has 3 aromatic carbocycles. The molecule has 0 aromatic heterocycles. The Bertz CT molecular complexity index is 1130. The van der Waals surface area contributed by atoms with Gasteiger partial charge in [-0.05, 0) is 35.8 Å². The molecule has 3 rings (SSSR count). The second-order valence-corrected chi connectivity index (χ2v) is 7.77. The minimum Gasteiger partial charge on any atom is -0.488 e. The number of halogens is 2. The molecular formula is C26H22Cl2O4. The third kappa shape index (κ3) is 6.24. The monoisotopic (exact) mass is 468 g/mol. The molecule has 0 spiro atoms. The van der Waals surface area contributed by atoms with Crippen molar-refractivity contribution in [3.63, 3.8) is 0 Å². The van der Waals surface area contributed by atoms with Crippen LogP contribution in [0.1, 0.15) is 27.8 Å². The molecule has 3 aromatic rings. The van der Waals surface area contributed by atoms with Gasteiger partial charge in [0.15, 0.2) is 0 Å². The van der Waals surface area contributed by atoms with Crippen molar-refractivity contribution in [1.29, 1.82) is 0 Å². The van der Waals surface area contributed by atoms with Crippen LogP contribution in [0.5, 0.6) is 5.75 Å². The largest absolute Gasteiger partial charge is 0.488 e. The van der Waals surface area contributed by atoms with Gasteiger partial charge in [-0.25, -0.2) is 4.79 Å². The van der Waals surface area contributed by atoms with Gasteiger partial charge in [0, 0.05) is 32.8 Å². The fraction of sp³-hybridized carbons (Fsp3) is 0.115. The van der Waals surface area contributed by atoms with Gasteiger partial charge < -0.3 is 14.9 Å². The number of rotatable bonds is 9. The van der Waals surface area contributed by atoms with Gasteiger partial charge in [-0.1, -0.05) is 83.9 Å². The van der Waals surface area contributed by atoms with Gasteiger partial charge in [-0.2, -0.15) is 0 Å². The van der Waals surface area contributed by atoms with Crippen LogP contribution < -0.4 is 4.74 Å². The van der Waals surface area contributed by atoms with Gasteiger partial charge >= 0.3 is 5.97 Å². The number of aliphatic hydroxyl groups is 1.